The van der Waals surface area contributed by atoms with Gasteiger partial charge in [-0.15, -0.1) is 0 Å². The largest absolute Gasteiger partial charge is 0.506 e. The first-order valence-electron chi connectivity index (χ1n) is 5.67. The Bertz CT molecular complexity index is 679. The van der Waals surface area contributed by atoms with Gasteiger partial charge in [-0.1, -0.05) is 46.3 Å². The van der Waals surface area contributed by atoms with Crippen molar-refractivity contribution in [1.82, 2.24) is 0 Å². The van der Waals surface area contributed by atoms with E-state index in [1.165, 1.54) is 6.08 Å². The molecule has 0 saturated heterocycles. The number of rotatable bonds is 3. The number of phenols is 1. The van der Waals surface area contributed by atoms with Crippen LogP contribution >= 0.6 is 31.9 Å². The fraction of sp³-hybridized carbons (Fsp3) is 0. The molecule has 5 heteroatoms. The van der Waals surface area contributed by atoms with E-state index in [0.717, 1.165) is 4.47 Å². The van der Waals surface area contributed by atoms with E-state index in [0.29, 0.717) is 15.6 Å². The highest BCUT2D eigenvalue weighted by Crippen LogP contribution is 2.34. The average molecular weight is 398 g/mol. The van der Waals surface area contributed by atoms with Crippen molar-refractivity contribution in [2.75, 3.05) is 0 Å². The summed E-state index contributed by atoms with van der Waals surface area (Å²) < 4.78 is 1.24. The molecule has 0 atom stereocenters. The molecule has 0 radical (unpaired) electrons. The van der Waals surface area contributed by atoms with Gasteiger partial charge in [-0.25, -0.2) is 4.79 Å². The Hall–Kier alpha value is -1.59. The second-order valence-corrected chi connectivity index (χ2v) is 5.82. The van der Waals surface area contributed by atoms with E-state index in [4.69, 9.17) is 0 Å². The molecule has 0 aromatic heterocycles. The van der Waals surface area contributed by atoms with Crippen molar-refractivity contribution in [3.8, 4) is 5.75 Å². The Morgan fingerprint density at radius 3 is 2.35 bits per heavy atom. The van der Waals surface area contributed by atoms with Crippen molar-refractivity contribution >= 4 is 49.5 Å². The van der Waals surface area contributed by atoms with Crippen LogP contribution in [0.2, 0.25) is 0 Å². The Morgan fingerprint density at radius 1 is 1.10 bits per heavy atom. The molecule has 0 heterocycles. The van der Waals surface area contributed by atoms with Crippen molar-refractivity contribution in [1.29, 1.82) is 0 Å². The summed E-state index contributed by atoms with van der Waals surface area (Å²) >= 11 is 6.54. The molecule has 20 heavy (non-hydrogen) atoms. The molecular formula is C15H10Br2O3. The zero-order chi connectivity index (χ0) is 14.7. The maximum absolute atomic E-state index is 11.4. The summed E-state index contributed by atoms with van der Waals surface area (Å²) in [5.74, 6) is -1.05. The second kappa shape index (κ2) is 6.24. The molecule has 0 saturated carbocycles. The predicted molar refractivity (Wildman–Crippen MR) is 85.5 cm³/mol. The summed E-state index contributed by atoms with van der Waals surface area (Å²) in [7, 11) is 0. The van der Waals surface area contributed by atoms with E-state index in [-0.39, 0.29) is 11.3 Å². The lowest BCUT2D eigenvalue weighted by Gasteiger charge is -2.06. The SMILES string of the molecule is O=C(O)C(=Cc1cc(Br)cc(Br)c1O)c1ccccc1. The van der Waals surface area contributed by atoms with Crippen LogP contribution in [0, 0.1) is 0 Å². The lowest BCUT2D eigenvalue weighted by molar-refractivity contribution is -0.130. The van der Waals surface area contributed by atoms with Gasteiger partial charge in [0.1, 0.15) is 5.75 Å². The van der Waals surface area contributed by atoms with Gasteiger partial charge >= 0.3 is 5.97 Å². The predicted octanol–water partition coefficient (Wildman–Crippen LogP) is 4.54. The number of aliphatic carboxylic acids is 1. The van der Waals surface area contributed by atoms with Crippen LogP contribution in [0.1, 0.15) is 11.1 Å². The van der Waals surface area contributed by atoms with E-state index in [1.807, 2.05) is 6.07 Å². The molecule has 0 spiro atoms. The maximum atomic E-state index is 11.4. The smallest absolute Gasteiger partial charge is 0.336 e. The number of carboxylic acids is 1. The van der Waals surface area contributed by atoms with E-state index >= 15 is 0 Å². The van der Waals surface area contributed by atoms with Crippen LogP contribution in [-0.2, 0) is 4.79 Å². The third-order valence-corrected chi connectivity index (χ3v) is 3.74. The van der Waals surface area contributed by atoms with Gasteiger partial charge in [0.2, 0.25) is 0 Å². The van der Waals surface area contributed by atoms with E-state index in [9.17, 15) is 15.0 Å². The molecule has 0 aliphatic heterocycles. The lowest BCUT2D eigenvalue weighted by Crippen LogP contribution is -1.99. The lowest BCUT2D eigenvalue weighted by atomic mass is 10.0. The molecule has 2 aromatic carbocycles. The van der Waals surface area contributed by atoms with Gasteiger partial charge in [-0.2, -0.15) is 0 Å². The van der Waals surface area contributed by atoms with Crippen LogP contribution in [0.25, 0.3) is 11.6 Å². The van der Waals surface area contributed by atoms with Crippen LogP contribution < -0.4 is 0 Å². The Morgan fingerprint density at radius 2 is 1.75 bits per heavy atom. The number of carboxylic acid groups (broad SMARTS) is 1. The first-order chi connectivity index (χ1) is 9.49. The topological polar surface area (TPSA) is 57.5 Å². The van der Waals surface area contributed by atoms with Crippen LogP contribution in [0.5, 0.6) is 5.75 Å². The quantitative estimate of drug-likeness (QED) is 0.590. The Labute approximate surface area is 132 Å². The summed E-state index contributed by atoms with van der Waals surface area (Å²) in [6.07, 6.45) is 1.45. The molecule has 0 unspecified atom stereocenters. The minimum Gasteiger partial charge on any atom is -0.506 e. The molecule has 0 bridgehead atoms. The fourth-order valence-electron chi connectivity index (χ4n) is 1.74. The first kappa shape index (κ1) is 14.8. The molecule has 2 rings (SSSR count). The second-order valence-electron chi connectivity index (χ2n) is 4.05. The Balaban J connectivity index is 2.59. The van der Waals surface area contributed by atoms with E-state index < -0.39 is 5.97 Å². The summed E-state index contributed by atoms with van der Waals surface area (Å²) in [5, 5.41) is 19.3. The summed E-state index contributed by atoms with van der Waals surface area (Å²) in [5.41, 5.74) is 1.12. The third-order valence-electron chi connectivity index (χ3n) is 2.67. The van der Waals surface area contributed by atoms with Crippen molar-refractivity contribution in [2.24, 2.45) is 0 Å². The number of phenolic OH excluding ortho intramolecular Hbond substituents is 1. The highest BCUT2D eigenvalue weighted by atomic mass is 79.9. The minimum atomic E-state index is -1.05. The molecule has 2 aromatic rings. The third kappa shape index (κ3) is 3.29. The zero-order valence-electron chi connectivity index (χ0n) is 10.2. The number of benzene rings is 2. The minimum absolute atomic E-state index is 0.00267. The van der Waals surface area contributed by atoms with Crippen molar-refractivity contribution < 1.29 is 15.0 Å². The average Bonchev–Trinajstić information content (AvgIpc) is 2.41. The molecule has 0 fully saturated rings. The van der Waals surface area contributed by atoms with Crippen LogP contribution in [0.4, 0.5) is 0 Å². The molecule has 3 nitrogen and oxygen atoms in total. The molecule has 0 aliphatic rings. The molecule has 102 valence electrons. The van der Waals surface area contributed by atoms with Crippen molar-refractivity contribution in [2.45, 2.75) is 0 Å². The monoisotopic (exact) mass is 396 g/mol. The van der Waals surface area contributed by atoms with Crippen LogP contribution in [0.15, 0.2) is 51.4 Å². The summed E-state index contributed by atoms with van der Waals surface area (Å²) in [6.45, 7) is 0. The van der Waals surface area contributed by atoms with Crippen molar-refractivity contribution in [3.63, 3.8) is 0 Å². The van der Waals surface area contributed by atoms with Gasteiger partial charge in [-0.3, -0.25) is 0 Å². The van der Waals surface area contributed by atoms with E-state index in [1.54, 1.807) is 36.4 Å². The standard InChI is InChI=1S/C15H10Br2O3/c16-11-6-10(14(18)13(17)8-11)7-12(15(19)20)9-4-2-1-3-5-9/h1-8,18H,(H,19,20). The number of hydrogen-bond acceptors (Lipinski definition) is 2. The fourth-order valence-corrected chi connectivity index (χ4v) is 3.00. The van der Waals surface area contributed by atoms with Gasteiger partial charge in [-0.05, 0) is 39.7 Å². The highest BCUT2D eigenvalue weighted by molar-refractivity contribution is 9.11. The number of halogens is 2. The van der Waals surface area contributed by atoms with Gasteiger partial charge in [0.25, 0.3) is 0 Å². The van der Waals surface area contributed by atoms with Gasteiger partial charge < -0.3 is 10.2 Å². The number of hydrogen-bond donors (Lipinski definition) is 2. The molecular weight excluding hydrogens is 388 g/mol. The Kier molecular flexibility index (Phi) is 4.62. The first-order valence-corrected chi connectivity index (χ1v) is 7.26. The van der Waals surface area contributed by atoms with Crippen LogP contribution in [-0.4, -0.2) is 16.2 Å². The van der Waals surface area contributed by atoms with Gasteiger partial charge in [0.15, 0.2) is 0 Å². The van der Waals surface area contributed by atoms with Crippen molar-refractivity contribution in [3.05, 3.63) is 62.5 Å². The highest BCUT2D eigenvalue weighted by Gasteiger charge is 2.13. The molecule has 2 N–H and O–H groups in total. The maximum Gasteiger partial charge on any atom is 0.336 e. The number of aromatic hydroxyl groups is 1. The summed E-state index contributed by atoms with van der Waals surface area (Å²) in [6, 6.07) is 12.1. The van der Waals surface area contributed by atoms with Gasteiger partial charge in [0.05, 0.1) is 10.0 Å². The normalized spacial score (nSPS) is 11.4. The molecule has 0 amide bonds. The van der Waals surface area contributed by atoms with Gasteiger partial charge in [0, 0.05) is 10.0 Å². The summed E-state index contributed by atoms with van der Waals surface area (Å²) in [4.78, 5) is 11.4. The molecule has 0 aliphatic carbocycles. The van der Waals surface area contributed by atoms with Crippen LogP contribution in [0.3, 0.4) is 0 Å². The zero-order valence-corrected chi connectivity index (χ0v) is 13.3. The van der Waals surface area contributed by atoms with E-state index in [2.05, 4.69) is 31.9 Å². The number of carbonyl (C=O) groups is 1.